The Morgan fingerprint density at radius 2 is 1.80 bits per heavy atom. The number of aromatic nitrogens is 2. The first kappa shape index (κ1) is 14.3. The molecule has 1 aromatic heterocycles. The predicted octanol–water partition coefficient (Wildman–Crippen LogP) is 3.47. The number of nitrogens with zero attached hydrogens (tertiary/aromatic N) is 2. The van der Waals surface area contributed by atoms with Crippen molar-refractivity contribution in [3.05, 3.63) is 47.8 Å². The summed E-state index contributed by atoms with van der Waals surface area (Å²) < 4.78 is 0. The number of benzene rings is 1. The minimum Gasteiger partial charge on any atom is -0.370 e. The first-order chi connectivity index (χ1) is 9.63. The molecule has 0 aliphatic rings. The first-order valence-corrected chi connectivity index (χ1v) is 6.99. The van der Waals surface area contributed by atoms with Crippen molar-refractivity contribution < 1.29 is 0 Å². The molecule has 1 aromatic carbocycles. The summed E-state index contributed by atoms with van der Waals surface area (Å²) in [4.78, 5) is 8.46. The Kier molecular flexibility index (Phi) is 4.93. The summed E-state index contributed by atoms with van der Waals surface area (Å²) >= 11 is 0. The summed E-state index contributed by atoms with van der Waals surface area (Å²) in [5.41, 5.74) is 2.52. The highest BCUT2D eigenvalue weighted by molar-refractivity contribution is 5.46. The molecule has 2 rings (SSSR count). The fraction of sp³-hybridized carbons (Fsp3) is 0.375. The largest absolute Gasteiger partial charge is 0.370 e. The molecule has 0 atom stereocenters. The van der Waals surface area contributed by atoms with Crippen LogP contribution in [0.4, 0.5) is 11.6 Å². The lowest BCUT2D eigenvalue weighted by Crippen LogP contribution is -2.10. The van der Waals surface area contributed by atoms with E-state index in [1.54, 1.807) is 6.33 Å². The fourth-order valence-corrected chi connectivity index (χ4v) is 1.87. The van der Waals surface area contributed by atoms with Crippen molar-refractivity contribution in [1.29, 1.82) is 0 Å². The van der Waals surface area contributed by atoms with Gasteiger partial charge in [-0.15, -0.1) is 0 Å². The van der Waals surface area contributed by atoms with Crippen molar-refractivity contribution >= 4 is 11.6 Å². The van der Waals surface area contributed by atoms with Gasteiger partial charge in [0.2, 0.25) is 0 Å². The molecule has 0 saturated heterocycles. The van der Waals surface area contributed by atoms with E-state index in [-0.39, 0.29) is 0 Å². The summed E-state index contributed by atoms with van der Waals surface area (Å²) in [6.45, 7) is 8.12. The van der Waals surface area contributed by atoms with Crippen LogP contribution in [0, 0.1) is 12.8 Å². The van der Waals surface area contributed by atoms with Gasteiger partial charge in [-0.2, -0.15) is 0 Å². The second-order valence-corrected chi connectivity index (χ2v) is 5.41. The summed E-state index contributed by atoms with van der Waals surface area (Å²) in [5.74, 6) is 2.29. The van der Waals surface area contributed by atoms with Crippen LogP contribution >= 0.6 is 0 Å². The van der Waals surface area contributed by atoms with Crippen molar-refractivity contribution in [3.63, 3.8) is 0 Å². The zero-order chi connectivity index (χ0) is 14.4. The molecule has 2 aromatic rings. The molecule has 0 radical (unpaired) electrons. The molecule has 0 unspecified atom stereocenters. The van der Waals surface area contributed by atoms with Crippen LogP contribution in [0.2, 0.25) is 0 Å². The van der Waals surface area contributed by atoms with E-state index in [0.717, 1.165) is 24.7 Å². The van der Waals surface area contributed by atoms with Gasteiger partial charge in [-0.05, 0) is 18.4 Å². The third-order valence-electron chi connectivity index (χ3n) is 2.91. The van der Waals surface area contributed by atoms with Crippen molar-refractivity contribution in [2.75, 3.05) is 17.2 Å². The van der Waals surface area contributed by atoms with E-state index in [1.165, 1.54) is 11.1 Å². The van der Waals surface area contributed by atoms with Crippen LogP contribution in [0.3, 0.4) is 0 Å². The third-order valence-corrected chi connectivity index (χ3v) is 2.91. The van der Waals surface area contributed by atoms with E-state index in [0.29, 0.717) is 5.92 Å². The number of hydrogen-bond donors (Lipinski definition) is 2. The lowest BCUT2D eigenvalue weighted by molar-refractivity contribution is 0.687. The minimum absolute atomic E-state index is 0.591. The van der Waals surface area contributed by atoms with Gasteiger partial charge < -0.3 is 10.6 Å². The molecular formula is C16H22N4. The van der Waals surface area contributed by atoms with E-state index in [9.17, 15) is 0 Å². The maximum Gasteiger partial charge on any atom is 0.131 e. The van der Waals surface area contributed by atoms with Crippen molar-refractivity contribution in [3.8, 4) is 0 Å². The zero-order valence-corrected chi connectivity index (χ0v) is 12.4. The summed E-state index contributed by atoms with van der Waals surface area (Å²) in [6, 6.07) is 10.4. The molecule has 0 aliphatic heterocycles. The number of aryl methyl sites for hydroxylation is 1. The third kappa shape index (κ3) is 4.53. The Hall–Kier alpha value is -2.10. The normalized spacial score (nSPS) is 10.6. The van der Waals surface area contributed by atoms with Crippen LogP contribution in [-0.4, -0.2) is 16.5 Å². The van der Waals surface area contributed by atoms with Crippen LogP contribution in [0.25, 0.3) is 0 Å². The van der Waals surface area contributed by atoms with Gasteiger partial charge >= 0.3 is 0 Å². The van der Waals surface area contributed by atoms with E-state index < -0.39 is 0 Å². The van der Waals surface area contributed by atoms with E-state index in [2.05, 4.69) is 65.6 Å². The summed E-state index contributed by atoms with van der Waals surface area (Å²) in [5, 5.41) is 6.63. The quantitative estimate of drug-likeness (QED) is 0.844. The molecule has 2 N–H and O–H groups in total. The van der Waals surface area contributed by atoms with E-state index in [4.69, 9.17) is 0 Å². The molecule has 0 fully saturated rings. The van der Waals surface area contributed by atoms with Gasteiger partial charge in [-0.3, -0.25) is 0 Å². The number of hydrogen-bond acceptors (Lipinski definition) is 4. The fourth-order valence-electron chi connectivity index (χ4n) is 1.87. The smallest absolute Gasteiger partial charge is 0.131 e. The van der Waals surface area contributed by atoms with E-state index >= 15 is 0 Å². The van der Waals surface area contributed by atoms with Crippen LogP contribution in [0.1, 0.15) is 25.0 Å². The highest BCUT2D eigenvalue weighted by atomic mass is 15.1. The Balaban J connectivity index is 1.94. The predicted molar refractivity (Wildman–Crippen MR) is 83.9 cm³/mol. The molecule has 0 spiro atoms. The van der Waals surface area contributed by atoms with Crippen LogP contribution in [-0.2, 0) is 6.54 Å². The lowest BCUT2D eigenvalue weighted by Gasteiger charge is -2.10. The molecule has 106 valence electrons. The van der Waals surface area contributed by atoms with Crippen molar-refractivity contribution in [1.82, 2.24) is 9.97 Å². The van der Waals surface area contributed by atoms with Gasteiger partial charge in [0.15, 0.2) is 0 Å². The van der Waals surface area contributed by atoms with Gasteiger partial charge in [0.05, 0.1) is 0 Å². The molecular weight excluding hydrogens is 248 g/mol. The number of anilines is 2. The molecule has 1 heterocycles. The number of rotatable bonds is 6. The SMILES string of the molecule is Cc1cccc(CNc2cc(NCC(C)C)ncn2)c1. The van der Waals surface area contributed by atoms with Gasteiger partial charge in [-0.25, -0.2) is 9.97 Å². The van der Waals surface area contributed by atoms with Gasteiger partial charge in [0.1, 0.15) is 18.0 Å². The maximum absolute atomic E-state index is 4.24. The minimum atomic E-state index is 0.591. The summed E-state index contributed by atoms with van der Waals surface area (Å²) in [6.07, 6.45) is 1.58. The molecule has 0 bridgehead atoms. The Bertz CT molecular complexity index is 552. The molecule has 4 nitrogen and oxygen atoms in total. The van der Waals surface area contributed by atoms with Gasteiger partial charge in [-0.1, -0.05) is 43.7 Å². The molecule has 4 heteroatoms. The number of nitrogens with one attached hydrogen (secondary N) is 2. The monoisotopic (exact) mass is 270 g/mol. The molecule has 0 aliphatic carbocycles. The van der Waals surface area contributed by atoms with Crippen LogP contribution in [0.5, 0.6) is 0 Å². The lowest BCUT2D eigenvalue weighted by atomic mass is 10.1. The van der Waals surface area contributed by atoms with E-state index in [1.807, 2.05) is 6.07 Å². The molecule has 20 heavy (non-hydrogen) atoms. The Labute approximate surface area is 120 Å². The highest BCUT2D eigenvalue weighted by Crippen LogP contribution is 2.11. The van der Waals surface area contributed by atoms with Crippen molar-refractivity contribution in [2.45, 2.75) is 27.3 Å². The van der Waals surface area contributed by atoms with Crippen molar-refractivity contribution in [2.24, 2.45) is 5.92 Å². The highest BCUT2D eigenvalue weighted by Gasteiger charge is 2.00. The average molecular weight is 270 g/mol. The summed E-state index contributed by atoms with van der Waals surface area (Å²) in [7, 11) is 0. The first-order valence-electron chi connectivity index (χ1n) is 6.99. The second kappa shape index (κ2) is 6.89. The maximum atomic E-state index is 4.24. The molecule has 0 saturated carbocycles. The van der Waals surface area contributed by atoms with Gasteiger partial charge in [0, 0.05) is 19.2 Å². The second-order valence-electron chi connectivity index (χ2n) is 5.41. The Morgan fingerprint density at radius 3 is 2.50 bits per heavy atom. The standard InChI is InChI=1S/C16H22N4/c1-12(2)9-17-15-8-16(20-11-19-15)18-10-14-6-4-5-13(3)7-14/h4-8,11-12H,9-10H2,1-3H3,(H2,17,18,19,20). The average Bonchev–Trinajstić information content (AvgIpc) is 2.43. The van der Waals surface area contributed by atoms with Crippen LogP contribution in [0.15, 0.2) is 36.7 Å². The van der Waals surface area contributed by atoms with Gasteiger partial charge in [0.25, 0.3) is 0 Å². The Morgan fingerprint density at radius 1 is 1.05 bits per heavy atom. The van der Waals surface area contributed by atoms with Crippen LogP contribution < -0.4 is 10.6 Å². The zero-order valence-electron chi connectivity index (χ0n) is 12.4. The molecule has 0 amide bonds. The topological polar surface area (TPSA) is 49.8 Å².